The van der Waals surface area contributed by atoms with Gasteiger partial charge in [0.15, 0.2) is 0 Å². The van der Waals surface area contributed by atoms with E-state index in [1.807, 2.05) is 13.0 Å². The lowest BCUT2D eigenvalue weighted by Gasteiger charge is -2.08. The van der Waals surface area contributed by atoms with Crippen molar-refractivity contribution in [3.05, 3.63) is 47.2 Å². The lowest BCUT2D eigenvalue weighted by Crippen LogP contribution is -1.94. The molecule has 0 aliphatic heterocycles. The second kappa shape index (κ2) is 3.97. The number of hydrogen-bond acceptors (Lipinski definition) is 2. The Morgan fingerprint density at radius 2 is 1.75 bits per heavy atom. The monoisotopic (exact) mass is 212 g/mol. The molecule has 0 radical (unpaired) electrons. The first-order valence-electron chi connectivity index (χ1n) is 5.38. The molecule has 2 nitrogen and oxygen atoms in total. The number of aromatic nitrogens is 1. The summed E-state index contributed by atoms with van der Waals surface area (Å²) in [6, 6.07) is 10.4. The summed E-state index contributed by atoms with van der Waals surface area (Å²) < 4.78 is 0. The molecule has 0 aliphatic carbocycles. The molecule has 0 spiro atoms. The van der Waals surface area contributed by atoms with Crippen molar-refractivity contribution in [3.63, 3.8) is 0 Å². The van der Waals surface area contributed by atoms with E-state index in [1.165, 1.54) is 16.7 Å². The summed E-state index contributed by atoms with van der Waals surface area (Å²) in [5.41, 5.74) is 11.6. The van der Waals surface area contributed by atoms with Crippen molar-refractivity contribution in [3.8, 4) is 11.1 Å². The van der Waals surface area contributed by atoms with Gasteiger partial charge in [0.05, 0.1) is 0 Å². The molecule has 1 aromatic heterocycles. The summed E-state index contributed by atoms with van der Waals surface area (Å²) in [5.74, 6) is 0.579. The number of nitrogens with zero attached hydrogens (tertiary/aromatic N) is 1. The van der Waals surface area contributed by atoms with Gasteiger partial charge in [0.1, 0.15) is 5.82 Å². The predicted octanol–water partition coefficient (Wildman–Crippen LogP) is 3.26. The van der Waals surface area contributed by atoms with Crippen LogP contribution in [0.3, 0.4) is 0 Å². The molecule has 0 saturated carbocycles. The van der Waals surface area contributed by atoms with Crippen LogP contribution < -0.4 is 5.73 Å². The van der Waals surface area contributed by atoms with E-state index in [9.17, 15) is 0 Å². The Hall–Kier alpha value is -1.83. The highest BCUT2D eigenvalue weighted by atomic mass is 14.8. The van der Waals surface area contributed by atoms with Crippen molar-refractivity contribution >= 4 is 5.82 Å². The van der Waals surface area contributed by atoms with Crippen LogP contribution in [0, 0.1) is 20.8 Å². The number of benzene rings is 1. The van der Waals surface area contributed by atoms with Gasteiger partial charge in [0, 0.05) is 5.69 Å². The van der Waals surface area contributed by atoms with Crippen LogP contribution in [0.4, 0.5) is 5.82 Å². The Bertz CT molecular complexity index is 510. The Labute approximate surface area is 96.1 Å². The van der Waals surface area contributed by atoms with Crippen molar-refractivity contribution in [1.29, 1.82) is 0 Å². The third-order valence-corrected chi connectivity index (χ3v) is 2.67. The largest absolute Gasteiger partial charge is 0.384 e. The fraction of sp³-hybridized carbons (Fsp3) is 0.214. The Balaban J connectivity index is 2.58. The summed E-state index contributed by atoms with van der Waals surface area (Å²) in [6.45, 7) is 6.18. The first kappa shape index (κ1) is 10.7. The molecule has 0 atom stereocenters. The van der Waals surface area contributed by atoms with E-state index in [0.29, 0.717) is 5.82 Å². The van der Waals surface area contributed by atoms with Crippen molar-refractivity contribution < 1.29 is 0 Å². The van der Waals surface area contributed by atoms with Crippen LogP contribution in [0.25, 0.3) is 11.1 Å². The van der Waals surface area contributed by atoms with Gasteiger partial charge < -0.3 is 5.73 Å². The highest BCUT2D eigenvalue weighted by molar-refractivity contribution is 5.69. The quantitative estimate of drug-likeness (QED) is 0.788. The molecular weight excluding hydrogens is 196 g/mol. The molecule has 1 aromatic carbocycles. The first-order valence-corrected chi connectivity index (χ1v) is 5.38. The third kappa shape index (κ3) is 2.06. The molecule has 0 fully saturated rings. The lowest BCUT2D eigenvalue weighted by molar-refractivity contribution is 1.21. The maximum atomic E-state index is 5.77. The fourth-order valence-electron chi connectivity index (χ4n) is 1.99. The minimum absolute atomic E-state index is 0.579. The van der Waals surface area contributed by atoms with Gasteiger partial charge in [-0.05, 0) is 49.6 Å². The molecule has 0 aliphatic rings. The summed E-state index contributed by atoms with van der Waals surface area (Å²) in [5, 5.41) is 0. The zero-order valence-corrected chi connectivity index (χ0v) is 9.91. The standard InChI is InChI=1S/C14H16N2/c1-9-4-5-13(10(2)6-9)12-7-11(3)16-14(15)8-12/h4-8H,1-3H3,(H2,15,16). The number of anilines is 1. The van der Waals surface area contributed by atoms with Crippen LogP contribution in [0.15, 0.2) is 30.3 Å². The zero-order valence-electron chi connectivity index (χ0n) is 9.91. The minimum Gasteiger partial charge on any atom is -0.384 e. The molecule has 2 heteroatoms. The predicted molar refractivity (Wildman–Crippen MR) is 68.3 cm³/mol. The Morgan fingerprint density at radius 3 is 2.38 bits per heavy atom. The zero-order chi connectivity index (χ0) is 11.7. The van der Waals surface area contributed by atoms with Gasteiger partial charge in [-0.15, -0.1) is 0 Å². The number of aryl methyl sites for hydroxylation is 3. The minimum atomic E-state index is 0.579. The molecule has 0 saturated heterocycles. The second-order valence-electron chi connectivity index (χ2n) is 4.24. The second-order valence-corrected chi connectivity index (χ2v) is 4.24. The van der Waals surface area contributed by atoms with Gasteiger partial charge >= 0.3 is 0 Å². The van der Waals surface area contributed by atoms with Crippen molar-refractivity contribution in [1.82, 2.24) is 4.98 Å². The van der Waals surface area contributed by atoms with Gasteiger partial charge in [-0.2, -0.15) is 0 Å². The maximum absolute atomic E-state index is 5.77. The van der Waals surface area contributed by atoms with Crippen molar-refractivity contribution in [2.24, 2.45) is 0 Å². The molecule has 2 aromatic rings. The van der Waals surface area contributed by atoms with Crippen LogP contribution in [0.2, 0.25) is 0 Å². The van der Waals surface area contributed by atoms with E-state index < -0.39 is 0 Å². The van der Waals surface area contributed by atoms with Gasteiger partial charge in [-0.3, -0.25) is 0 Å². The van der Waals surface area contributed by atoms with E-state index >= 15 is 0 Å². The van der Waals surface area contributed by atoms with Crippen LogP contribution in [-0.4, -0.2) is 4.98 Å². The summed E-state index contributed by atoms with van der Waals surface area (Å²) in [7, 11) is 0. The average molecular weight is 212 g/mol. The third-order valence-electron chi connectivity index (χ3n) is 2.67. The van der Waals surface area contributed by atoms with Gasteiger partial charge in [0.2, 0.25) is 0 Å². The topological polar surface area (TPSA) is 38.9 Å². The van der Waals surface area contributed by atoms with E-state index in [0.717, 1.165) is 11.3 Å². The average Bonchev–Trinajstić information content (AvgIpc) is 2.15. The van der Waals surface area contributed by atoms with E-state index in [4.69, 9.17) is 5.73 Å². The fourth-order valence-corrected chi connectivity index (χ4v) is 1.99. The molecule has 2 rings (SSSR count). The van der Waals surface area contributed by atoms with Gasteiger partial charge in [-0.25, -0.2) is 4.98 Å². The number of nitrogen functional groups attached to an aromatic ring is 1. The van der Waals surface area contributed by atoms with Crippen LogP contribution in [0.5, 0.6) is 0 Å². The lowest BCUT2D eigenvalue weighted by atomic mass is 9.99. The first-order chi connectivity index (χ1) is 7.56. The molecular formula is C14H16N2. The molecule has 1 heterocycles. The highest BCUT2D eigenvalue weighted by Gasteiger charge is 2.04. The summed E-state index contributed by atoms with van der Waals surface area (Å²) in [6.07, 6.45) is 0. The van der Waals surface area contributed by atoms with E-state index in [-0.39, 0.29) is 0 Å². The maximum Gasteiger partial charge on any atom is 0.124 e. The highest BCUT2D eigenvalue weighted by Crippen LogP contribution is 2.25. The van der Waals surface area contributed by atoms with Crippen molar-refractivity contribution in [2.45, 2.75) is 20.8 Å². The van der Waals surface area contributed by atoms with Crippen LogP contribution in [0.1, 0.15) is 16.8 Å². The number of nitrogens with two attached hydrogens (primary N) is 1. The normalized spacial score (nSPS) is 10.4. The van der Waals surface area contributed by atoms with Gasteiger partial charge in [-0.1, -0.05) is 23.8 Å². The van der Waals surface area contributed by atoms with Gasteiger partial charge in [0.25, 0.3) is 0 Å². The Kier molecular flexibility index (Phi) is 2.65. The summed E-state index contributed by atoms with van der Waals surface area (Å²) >= 11 is 0. The van der Waals surface area contributed by atoms with Crippen LogP contribution in [-0.2, 0) is 0 Å². The number of pyridine rings is 1. The van der Waals surface area contributed by atoms with Crippen molar-refractivity contribution in [2.75, 3.05) is 5.73 Å². The molecule has 2 N–H and O–H groups in total. The molecule has 16 heavy (non-hydrogen) atoms. The number of rotatable bonds is 1. The van der Waals surface area contributed by atoms with E-state index in [2.05, 4.69) is 43.1 Å². The molecule has 82 valence electrons. The van der Waals surface area contributed by atoms with Crippen LogP contribution >= 0.6 is 0 Å². The van der Waals surface area contributed by atoms with E-state index in [1.54, 1.807) is 0 Å². The molecule has 0 bridgehead atoms. The summed E-state index contributed by atoms with van der Waals surface area (Å²) in [4.78, 5) is 4.18. The molecule has 0 unspecified atom stereocenters. The SMILES string of the molecule is Cc1ccc(-c2cc(C)nc(N)c2)c(C)c1. The molecule has 0 amide bonds. The Morgan fingerprint density at radius 1 is 1.00 bits per heavy atom. The smallest absolute Gasteiger partial charge is 0.124 e. The number of hydrogen-bond donors (Lipinski definition) is 1.